The molecule has 124 valence electrons. The van der Waals surface area contributed by atoms with Crippen LogP contribution >= 0.6 is 0 Å². The van der Waals surface area contributed by atoms with Crippen molar-refractivity contribution in [2.45, 2.75) is 31.5 Å². The lowest BCUT2D eigenvalue weighted by molar-refractivity contribution is -0.151. The minimum absolute atomic E-state index is 0.157. The molecule has 1 fully saturated rings. The molecular weight excluding hydrogens is 300 g/mol. The fraction of sp³-hybridized carbons (Fsp3) is 0.438. The van der Waals surface area contributed by atoms with Crippen LogP contribution in [0.3, 0.4) is 0 Å². The molecule has 0 unspecified atom stereocenters. The summed E-state index contributed by atoms with van der Waals surface area (Å²) in [6.45, 7) is 0.396. The van der Waals surface area contributed by atoms with Crippen LogP contribution in [0.1, 0.15) is 28.8 Å². The Morgan fingerprint density at radius 2 is 2.00 bits per heavy atom. The van der Waals surface area contributed by atoms with Crippen LogP contribution in [0.4, 0.5) is 0 Å². The standard InChI is InChI=1S/C16H20N2O5/c1-17-14(19)11-4-2-3-10(9-11)7-8-18-15(20)12-5-6-13(23-12)16(21)22/h2-4,9,12-13H,5-8H2,1H3,(H,17,19)(H,18,20)(H,21,22)/t12-,13+/m0/s1. The van der Waals surface area contributed by atoms with Crippen molar-refractivity contribution in [3.63, 3.8) is 0 Å². The molecule has 23 heavy (non-hydrogen) atoms. The van der Waals surface area contributed by atoms with E-state index in [1.807, 2.05) is 6.07 Å². The number of benzene rings is 1. The third-order valence-corrected chi connectivity index (χ3v) is 3.72. The zero-order valence-corrected chi connectivity index (χ0v) is 12.9. The lowest BCUT2D eigenvalue weighted by Crippen LogP contribution is -2.36. The summed E-state index contributed by atoms with van der Waals surface area (Å²) in [7, 11) is 1.57. The Morgan fingerprint density at radius 3 is 2.65 bits per heavy atom. The Morgan fingerprint density at radius 1 is 1.26 bits per heavy atom. The number of carbonyl (C=O) groups is 3. The van der Waals surface area contributed by atoms with Crippen LogP contribution in [-0.2, 0) is 20.7 Å². The van der Waals surface area contributed by atoms with E-state index >= 15 is 0 Å². The van der Waals surface area contributed by atoms with E-state index in [0.29, 0.717) is 31.4 Å². The maximum Gasteiger partial charge on any atom is 0.332 e. The summed E-state index contributed by atoms with van der Waals surface area (Å²) in [5.74, 6) is -1.49. The highest BCUT2D eigenvalue weighted by Crippen LogP contribution is 2.19. The lowest BCUT2D eigenvalue weighted by Gasteiger charge is -2.12. The van der Waals surface area contributed by atoms with Gasteiger partial charge < -0.3 is 20.5 Å². The predicted molar refractivity (Wildman–Crippen MR) is 82.1 cm³/mol. The van der Waals surface area contributed by atoms with Crippen molar-refractivity contribution in [1.82, 2.24) is 10.6 Å². The Hall–Kier alpha value is -2.41. The highest BCUT2D eigenvalue weighted by Gasteiger charge is 2.34. The Labute approximate surface area is 134 Å². The van der Waals surface area contributed by atoms with E-state index in [0.717, 1.165) is 5.56 Å². The van der Waals surface area contributed by atoms with E-state index in [-0.39, 0.29) is 11.8 Å². The van der Waals surface area contributed by atoms with E-state index < -0.39 is 18.2 Å². The van der Waals surface area contributed by atoms with E-state index in [4.69, 9.17) is 9.84 Å². The maximum atomic E-state index is 11.9. The molecule has 1 aliphatic heterocycles. The van der Waals surface area contributed by atoms with Crippen molar-refractivity contribution >= 4 is 17.8 Å². The smallest absolute Gasteiger partial charge is 0.332 e. The SMILES string of the molecule is CNC(=O)c1cccc(CCNC(=O)[C@@H]2CC[C@H](C(=O)O)O2)c1. The topological polar surface area (TPSA) is 105 Å². The van der Waals surface area contributed by atoms with Crippen molar-refractivity contribution in [2.24, 2.45) is 0 Å². The van der Waals surface area contributed by atoms with Crippen LogP contribution in [-0.4, -0.2) is 48.7 Å². The second-order valence-electron chi connectivity index (χ2n) is 5.35. The lowest BCUT2D eigenvalue weighted by atomic mass is 10.1. The van der Waals surface area contributed by atoms with Crippen LogP contribution in [0.15, 0.2) is 24.3 Å². The van der Waals surface area contributed by atoms with Gasteiger partial charge in [-0.15, -0.1) is 0 Å². The third-order valence-electron chi connectivity index (χ3n) is 3.72. The van der Waals surface area contributed by atoms with Gasteiger partial charge >= 0.3 is 5.97 Å². The molecule has 3 N–H and O–H groups in total. The van der Waals surface area contributed by atoms with Gasteiger partial charge in [0.15, 0.2) is 6.10 Å². The summed E-state index contributed by atoms with van der Waals surface area (Å²) < 4.78 is 5.19. The summed E-state index contributed by atoms with van der Waals surface area (Å²) in [4.78, 5) is 34.3. The molecule has 0 saturated carbocycles. The van der Waals surface area contributed by atoms with Gasteiger partial charge in [0, 0.05) is 19.2 Å². The monoisotopic (exact) mass is 320 g/mol. The van der Waals surface area contributed by atoms with Gasteiger partial charge in [0.1, 0.15) is 6.10 Å². The van der Waals surface area contributed by atoms with E-state index in [2.05, 4.69) is 10.6 Å². The second-order valence-corrected chi connectivity index (χ2v) is 5.35. The Balaban J connectivity index is 1.80. The first-order valence-corrected chi connectivity index (χ1v) is 7.48. The summed E-state index contributed by atoms with van der Waals surface area (Å²) in [5.41, 5.74) is 1.50. The first-order valence-electron chi connectivity index (χ1n) is 7.48. The summed E-state index contributed by atoms with van der Waals surface area (Å²) in [6, 6.07) is 7.17. The number of hydrogen-bond donors (Lipinski definition) is 3. The van der Waals surface area contributed by atoms with Gasteiger partial charge in [0.25, 0.3) is 5.91 Å². The average Bonchev–Trinajstić information content (AvgIpc) is 3.04. The van der Waals surface area contributed by atoms with E-state index in [9.17, 15) is 14.4 Å². The second kappa shape index (κ2) is 7.73. The van der Waals surface area contributed by atoms with Crippen LogP contribution in [0.2, 0.25) is 0 Å². The Kier molecular flexibility index (Phi) is 5.70. The van der Waals surface area contributed by atoms with Crippen molar-refractivity contribution < 1.29 is 24.2 Å². The molecule has 0 bridgehead atoms. The molecule has 2 atom stereocenters. The molecule has 2 rings (SSSR count). The molecule has 7 heteroatoms. The number of nitrogens with one attached hydrogen (secondary N) is 2. The molecular formula is C16H20N2O5. The molecule has 1 aromatic carbocycles. The van der Waals surface area contributed by atoms with Gasteiger partial charge in [-0.2, -0.15) is 0 Å². The summed E-state index contributed by atoms with van der Waals surface area (Å²) in [6.07, 6.45) is -0.259. The molecule has 0 radical (unpaired) electrons. The van der Waals surface area contributed by atoms with Crippen LogP contribution in [0.5, 0.6) is 0 Å². The highest BCUT2D eigenvalue weighted by molar-refractivity contribution is 5.94. The van der Waals surface area contributed by atoms with Gasteiger partial charge in [-0.3, -0.25) is 9.59 Å². The van der Waals surface area contributed by atoms with Crippen molar-refractivity contribution in [3.05, 3.63) is 35.4 Å². The van der Waals surface area contributed by atoms with Gasteiger partial charge in [0.05, 0.1) is 0 Å². The van der Waals surface area contributed by atoms with E-state index in [1.165, 1.54) is 0 Å². The number of rotatable bonds is 6. The fourth-order valence-electron chi connectivity index (χ4n) is 2.47. The average molecular weight is 320 g/mol. The van der Waals surface area contributed by atoms with Gasteiger partial charge in [-0.25, -0.2) is 4.79 Å². The third kappa shape index (κ3) is 4.53. The first-order chi connectivity index (χ1) is 11.0. The van der Waals surface area contributed by atoms with Crippen molar-refractivity contribution in [2.75, 3.05) is 13.6 Å². The van der Waals surface area contributed by atoms with Crippen LogP contribution in [0, 0.1) is 0 Å². The van der Waals surface area contributed by atoms with Crippen molar-refractivity contribution in [3.8, 4) is 0 Å². The minimum Gasteiger partial charge on any atom is -0.479 e. The fourth-order valence-corrected chi connectivity index (χ4v) is 2.47. The number of hydrogen-bond acceptors (Lipinski definition) is 4. The number of carboxylic acid groups (broad SMARTS) is 1. The number of amides is 2. The highest BCUT2D eigenvalue weighted by atomic mass is 16.5. The van der Waals surface area contributed by atoms with Gasteiger partial charge in [-0.05, 0) is 37.0 Å². The Bertz CT molecular complexity index is 602. The molecule has 0 spiro atoms. The number of aliphatic carboxylic acids is 1. The first kappa shape index (κ1) is 17.0. The molecule has 1 heterocycles. The van der Waals surface area contributed by atoms with E-state index in [1.54, 1.807) is 25.2 Å². The van der Waals surface area contributed by atoms with Crippen LogP contribution < -0.4 is 10.6 Å². The zero-order chi connectivity index (χ0) is 16.8. The largest absolute Gasteiger partial charge is 0.479 e. The summed E-state index contributed by atoms with van der Waals surface area (Å²) >= 11 is 0. The number of ether oxygens (including phenoxy) is 1. The van der Waals surface area contributed by atoms with Crippen molar-refractivity contribution in [1.29, 1.82) is 0 Å². The molecule has 1 aromatic rings. The molecule has 1 saturated heterocycles. The maximum absolute atomic E-state index is 11.9. The van der Waals surface area contributed by atoms with Gasteiger partial charge in [-0.1, -0.05) is 12.1 Å². The molecule has 0 aromatic heterocycles. The molecule has 2 amide bonds. The van der Waals surface area contributed by atoms with Gasteiger partial charge in [0.2, 0.25) is 5.91 Å². The number of carboxylic acids is 1. The number of carbonyl (C=O) groups excluding carboxylic acids is 2. The summed E-state index contributed by atoms with van der Waals surface area (Å²) in [5, 5.41) is 14.1. The molecule has 1 aliphatic rings. The van der Waals surface area contributed by atoms with Crippen LogP contribution in [0.25, 0.3) is 0 Å². The molecule has 0 aliphatic carbocycles. The molecule has 7 nitrogen and oxygen atoms in total. The zero-order valence-electron chi connectivity index (χ0n) is 12.9. The minimum atomic E-state index is -1.04. The predicted octanol–water partition coefficient (Wildman–Crippen LogP) is 0.337. The normalized spacial score (nSPS) is 20.0. The quantitative estimate of drug-likeness (QED) is 0.701.